The molecule has 7 heteroatoms. The molecular weight excluding hydrogens is 446 g/mol. The molecule has 1 N–H and O–H groups in total. The highest BCUT2D eigenvalue weighted by atomic mass is 32.1. The standard InChI is InChI=1S/C27H27N3O3S/c1-4-19-10-12-22(13-11-19)23-18-34-27(28-16-20-8-6-5-7-9-20)30(23)29-17-21-14-24(32-2)26(31)25(15-21)33-3/h5-15,17-18,31H,4,16H2,1-3H3. The third-order valence-corrected chi connectivity index (χ3v) is 6.26. The normalized spacial score (nSPS) is 11.8. The minimum absolute atomic E-state index is 0.0411. The second-order valence-electron chi connectivity index (χ2n) is 7.59. The molecular formula is C27H27N3O3S. The van der Waals surface area contributed by atoms with Gasteiger partial charge >= 0.3 is 0 Å². The number of rotatable bonds is 8. The van der Waals surface area contributed by atoms with Crippen molar-refractivity contribution in [3.63, 3.8) is 0 Å². The van der Waals surface area contributed by atoms with Crippen LogP contribution in [0.15, 0.2) is 82.2 Å². The van der Waals surface area contributed by atoms with E-state index in [0.29, 0.717) is 18.0 Å². The summed E-state index contributed by atoms with van der Waals surface area (Å²) in [5.41, 5.74) is 5.16. The third kappa shape index (κ3) is 5.21. The number of aromatic nitrogens is 1. The van der Waals surface area contributed by atoms with Crippen LogP contribution in [0.3, 0.4) is 0 Å². The van der Waals surface area contributed by atoms with E-state index in [2.05, 4.69) is 48.7 Å². The summed E-state index contributed by atoms with van der Waals surface area (Å²) < 4.78 is 12.4. The molecule has 0 unspecified atom stereocenters. The molecule has 0 spiro atoms. The van der Waals surface area contributed by atoms with Crippen LogP contribution in [-0.4, -0.2) is 30.2 Å². The number of hydrogen-bond donors (Lipinski definition) is 1. The molecule has 0 fully saturated rings. The summed E-state index contributed by atoms with van der Waals surface area (Å²) in [6.07, 6.45) is 2.70. The lowest BCUT2D eigenvalue weighted by molar-refractivity contribution is 0.340. The van der Waals surface area contributed by atoms with Crippen LogP contribution < -0.4 is 14.3 Å². The SMILES string of the molecule is CCc1ccc(-c2csc(=NCc3ccccc3)n2N=Cc2cc(OC)c(O)c(OC)c2)cc1. The molecule has 3 aromatic carbocycles. The number of benzene rings is 3. The summed E-state index contributed by atoms with van der Waals surface area (Å²) in [6, 6.07) is 22.1. The molecule has 0 saturated carbocycles. The van der Waals surface area contributed by atoms with E-state index >= 15 is 0 Å². The molecule has 0 aliphatic rings. The number of thiazole rings is 1. The quantitative estimate of drug-likeness (QED) is 0.344. The zero-order chi connectivity index (χ0) is 23.9. The summed E-state index contributed by atoms with van der Waals surface area (Å²) in [4.78, 5) is 5.61. The first-order valence-electron chi connectivity index (χ1n) is 11.0. The maximum atomic E-state index is 10.2. The van der Waals surface area contributed by atoms with Crippen LogP contribution in [0.5, 0.6) is 17.2 Å². The highest BCUT2D eigenvalue weighted by Crippen LogP contribution is 2.36. The van der Waals surface area contributed by atoms with E-state index in [0.717, 1.165) is 33.6 Å². The molecule has 4 rings (SSSR count). The monoisotopic (exact) mass is 473 g/mol. The van der Waals surface area contributed by atoms with Crippen molar-refractivity contribution >= 4 is 17.6 Å². The second kappa shape index (κ2) is 10.9. The lowest BCUT2D eigenvalue weighted by Crippen LogP contribution is -2.12. The average molecular weight is 474 g/mol. The van der Waals surface area contributed by atoms with E-state index < -0.39 is 0 Å². The average Bonchev–Trinajstić information content (AvgIpc) is 3.30. The van der Waals surface area contributed by atoms with Gasteiger partial charge in [-0.2, -0.15) is 5.10 Å². The fourth-order valence-electron chi connectivity index (χ4n) is 3.48. The van der Waals surface area contributed by atoms with Gasteiger partial charge in [0.1, 0.15) is 0 Å². The van der Waals surface area contributed by atoms with Gasteiger partial charge in [-0.05, 0) is 29.7 Å². The van der Waals surface area contributed by atoms with Gasteiger partial charge in [0, 0.05) is 16.5 Å². The highest BCUT2D eigenvalue weighted by Gasteiger charge is 2.11. The van der Waals surface area contributed by atoms with Crippen molar-refractivity contribution < 1.29 is 14.6 Å². The number of ether oxygens (including phenoxy) is 2. The van der Waals surface area contributed by atoms with Crippen molar-refractivity contribution in [1.29, 1.82) is 0 Å². The second-order valence-corrected chi connectivity index (χ2v) is 8.42. The van der Waals surface area contributed by atoms with Crippen molar-refractivity contribution in [1.82, 2.24) is 4.68 Å². The van der Waals surface area contributed by atoms with Crippen molar-refractivity contribution in [2.24, 2.45) is 10.1 Å². The van der Waals surface area contributed by atoms with Crippen LogP contribution in [0.1, 0.15) is 23.6 Å². The first-order chi connectivity index (χ1) is 16.6. The molecule has 0 aliphatic carbocycles. The fraction of sp³-hybridized carbons (Fsp3) is 0.185. The van der Waals surface area contributed by atoms with E-state index in [-0.39, 0.29) is 5.75 Å². The van der Waals surface area contributed by atoms with Gasteiger partial charge in [0.25, 0.3) is 0 Å². The summed E-state index contributed by atoms with van der Waals surface area (Å²) in [5, 5.41) is 17.0. The number of aromatic hydroxyl groups is 1. The minimum atomic E-state index is -0.0411. The van der Waals surface area contributed by atoms with E-state index in [1.54, 1.807) is 29.7 Å². The van der Waals surface area contributed by atoms with Crippen molar-refractivity contribution in [3.8, 4) is 28.5 Å². The Balaban J connectivity index is 1.77. The topological polar surface area (TPSA) is 68.3 Å². The van der Waals surface area contributed by atoms with Crippen LogP contribution in [-0.2, 0) is 13.0 Å². The molecule has 0 amide bonds. The predicted octanol–water partition coefficient (Wildman–Crippen LogP) is 5.48. The smallest absolute Gasteiger partial charge is 0.206 e. The lowest BCUT2D eigenvalue weighted by Gasteiger charge is -2.09. The Morgan fingerprint density at radius 3 is 2.24 bits per heavy atom. The highest BCUT2D eigenvalue weighted by molar-refractivity contribution is 7.07. The molecule has 1 aromatic heterocycles. The van der Waals surface area contributed by atoms with Gasteiger partial charge in [-0.3, -0.25) is 4.99 Å². The van der Waals surface area contributed by atoms with Crippen molar-refractivity contribution in [2.75, 3.05) is 14.2 Å². The molecule has 0 radical (unpaired) electrons. The number of nitrogens with zero attached hydrogens (tertiary/aromatic N) is 3. The number of phenols is 1. The van der Waals surface area contributed by atoms with Crippen LogP contribution in [0, 0.1) is 0 Å². The Kier molecular flexibility index (Phi) is 7.44. The summed E-state index contributed by atoms with van der Waals surface area (Å²) >= 11 is 1.55. The van der Waals surface area contributed by atoms with Gasteiger partial charge in [-0.1, -0.05) is 61.5 Å². The first-order valence-corrected chi connectivity index (χ1v) is 11.8. The van der Waals surface area contributed by atoms with Crippen LogP contribution in [0.4, 0.5) is 0 Å². The van der Waals surface area contributed by atoms with Gasteiger partial charge in [0.05, 0.1) is 32.7 Å². The van der Waals surface area contributed by atoms with Crippen LogP contribution in [0.2, 0.25) is 0 Å². The Bertz CT molecular complexity index is 1310. The largest absolute Gasteiger partial charge is 0.502 e. The number of hydrogen-bond acceptors (Lipinski definition) is 6. The van der Waals surface area contributed by atoms with E-state index in [1.807, 2.05) is 22.9 Å². The molecule has 0 aliphatic heterocycles. The Morgan fingerprint density at radius 2 is 1.62 bits per heavy atom. The lowest BCUT2D eigenvalue weighted by atomic mass is 10.1. The summed E-state index contributed by atoms with van der Waals surface area (Å²) in [5.74, 6) is 0.599. The Hall–Kier alpha value is -3.84. The fourth-order valence-corrected chi connectivity index (χ4v) is 4.32. The zero-order valence-corrected chi connectivity index (χ0v) is 20.2. The number of methoxy groups -OCH3 is 2. The molecule has 34 heavy (non-hydrogen) atoms. The van der Waals surface area contributed by atoms with Gasteiger partial charge in [-0.15, -0.1) is 11.3 Å². The maximum absolute atomic E-state index is 10.2. The molecule has 0 saturated heterocycles. The van der Waals surface area contributed by atoms with Crippen molar-refractivity contribution in [3.05, 3.63) is 93.6 Å². The minimum Gasteiger partial charge on any atom is -0.502 e. The zero-order valence-electron chi connectivity index (χ0n) is 19.4. The van der Waals surface area contributed by atoms with Gasteiger partial charge in [0.15, 0.2) is 11.5 Å². The summed E-state index contributed by atoms with van der Waals surface area (Å²) in [7, 11) is 3.00. The predicted molar refractivity (Wildman–Crippen MR) is 137 cm³/mol. The summed E-state index contributed by atoms with van der Waals surface area (Å²) in [6.45, 7) is 2.71. The van der Waals surface area contributed by atoms with Crippen LogP contribution in [0.25, 0.3) is 11.3 Å². The first kappa shape index (κ1) is 23.3. The van der Waals surface area contributed by atoms with Gasteiger partial charge in [0.2, 0.25) is 10.6 Å². The van der Waals surface area contributed by atoms with E-state index in [9.17, 15) is 5.11 Å². The molecule has 4 aromatic rings. The third-order valence-electron chi connectivity index (χ3n) is 5.41. The number of aryl methyl sites for hydroxylation is 1. The van der Waals surface area contributed by atoms with Crippen molar-refractivity contribution in [2.45, 2.75) is 19.9 Å². The maximum Gasteiger partial charge on any atom is 0.206 e. The van der Waals surface area contributed by atoms with Crippen LogP contribution >= 0.6 is 11.3 Å². The number of phenolic OH excluding ortho intramolecular Hbond substituents is 1. The van der Waals surface area contributed by atoms with Gasteiger partial charge in [-0.25, -0.2) is 4.68 Å². The molecule has 6 nitrogen and oxygen atoms in total. The van der Waals surface area contributed by atoms with Gasteiger partial charge < -0.3 is 14.6 Å². The molecule has 0 bridgehead atoms. The molecule has 0 atom stereocenters. The Morgan fingerprint density at radius 1 is 0.941 bits per heavy atom. The Labute approximate surface area is 203 Å². The molecule has 1 heterocycles. The van der Waals surface area contributed by atoms with E-state index in [1.165, 1.54) is 19.8 Å². The molecule has 174 valence electrons. The van der Waals surface area contributed by atoms with E-state index in [4.69, 9.17) is 19.6 Å².